The molecule has 0 saturated carbocycles. The highest BCUT2D eigenvalue weighted by Gasteiger charge is 2.33. The highest BCUT2D eigenvalue weighted by molar-refractivity contribution is 7.91. The van der Waals surface area contributed by atoms with E-state index >= 15 is 0 Å². The van der Waals surface area contributed by atoms with Crippen LogP contribution in [-0.2, 0) is 16.4 Å². The van der Waals surface area contributed by atoms with Crippen LogP contribution in [0.4, 0.5) is 0 Å². The van der Waals surface area contributed by atoms with Crippen LogP contribution in [0.15, 0.2) is 48.5 Å². The van der Waals surface area contributed by atoms with Crippen molar-refractivity contribution in [2.24, 2.45) is 0 Å². The Bertz CT molecular complexity index is 943. The molecule has 1 N–H and O–H groups in total. The minimum Gasteiger partial charge on any atom is -0.497 e. The monoisotopic (exact) mass is 447 g/mol. The molecule has 3 rings (SSSR count). The van der Waals surface area contributed by atoms with Crippen molar-refractivity contribution < 1.29 is 23.0 Å². The van der Waals surface area contributed by atoms with E-state index < -0.39 is 15.9 Å². The van der Waals surface area contributed by atoms with Gasteiger partial charge in [0.1, 0.15) is 24.2 Å². The summed E-state index contributed by atoms with van der Waals surface area (Å²) in [4.78, 5) is 2.05. The zero-order valence-electron chi connectivity index (χ0n) is 18.5. The molecular formula is C24H33NO5S. The Morgan fingerprint density at radius 2 is 1.87 bits per heavy atom. The Balaban J connectivity index is 1.64. The molecule has 31 heavy (non-hydrogen) atoms. The number of methoxy groups -OCH3 is 1. The van der Waals surface area contributed by atoms with E-state index in [1.165, 1.54) is 5.56 Å². The maximum atomic E-state index is 12.0. The fraction of sp³-hybridized carbons (Fsp3) is 0.500. The lowest BCUT2D eigenvalue weighted by Gasteiger charge is -2.30. The maximum Gasteiger partial charge on any atom is 0.151 e. The standard InChI is InChI=1S/C24H33NO5S/c1-18(2)20-7-9-23(10-8-20)30-16-22(26)15-25(21-11-12-31(27,28)17-21)14-19-5-4-6-24(13-19)29-3/h4-10,13,18,21-22,26H,11-12,14-17H2,1-3H3. The third kappa shape index (κ3) is 6.95. The van der Waals surface area contributed by atoms with Gasteiger partial charge < -0.3 is 14.6 Å². The van der Waals surface area contributed by atoms with Crippen LogP contribution in [0.3, 0.4) is 0 Å². The third-order valence-corrected chi connectivity index (χ3v) is 7.43. The molecule has 0 aliphatic carbocycles. The molecular weight excluding hydrogens is 414 g/mol. The van der Waals surface area contributed by atoms with Crippen LogP contribution < -0.4 is 9.47 Å². The summed E-state index contributed by atoms with van der Waals surface area (Å²) >= 11 is 0. The van der Waals surface area contributed by atoms with Gasteiger partial charge in [0.15, 0.2) is 9.84 Å². The molecule has 1 aliphatic rings. The van der Waals surface area contributed by atoms with Crippen molar-refractivity contribution in [3.63, 3.8) is 0 Å². The SMILES string of the molecule is COc1cccc(CN(CC(O)COc2ccc(C(C)C)cc2)C2CCS(=O)(=O)C2)c1. The summed E-state index contributed by atoms with van der Waals surface area (Å²) in [6, 6.07) is 15.5. The molecule has 1 heterocycles. The van der Waals surface area contributed by atoms with Gasteiger partial charge in [-0.25, -0.2) is 8.42 Å². The summed E-state index contributed by atoms with van der Waals surface area (Å²) in [5.74, 6) is 2.24. The number of nitrogens with zero attached hydrogens (tertiary/aromatic N) is 1. The second-order valence-electron chi connectivity index (χ2n) is 8.53. The fourth-order valence-electron chi connectivity index (χ4n) is 3.88. The number of benzene rings is 2. The first kappa shape index (κ1) is 23.6. The van der Waals surface area contributed by atoms with Crippen LogP contribution in [0.2, 0.25) is 0 Å². The lowest BCUT2D eigenvalue weighted by molar-refractivity contribution is 0.0524. The molecule has 1 saturated heterocycles. The van der Waals surface area contributed by atoms with Crippen molar-refractivity contribution in [2.75, 3.05) is 31.8 Å². The van der Waals surface area contributed by atoms with E-state index in [0.29, 0.717) is 31.2 Å². The van der Waals surface area contributed by atoms with E-state index in [1.54, 1.807) is 7.11 Å². The molecule has 0 aromatic heterocycles. The van der Waals surface area contributed by atoms with E-state index in [0.717, 1.165) is 11.3 Å². The summed E-state index contributed by atoms with van der Waals surface area (Å²) in [5, 5.41) is 10.7. The van der Waals surface area contributed by atoms with E-state index in [1.807, 2.05) is 48.5 Å². The van der Waals surface area contributed by atoms with Gasteiger partial charge in [-0.05, 0) is 47.7 Å². The van der Waals surface area contributed by atoms with Crippen LogP contribution in [0, 0.1) is 0 Å². The van der Waals surface area contributed by atoms with E-state index in [2.05, 4.69) is 18.7 Å². The summed E-state index contributed by atoms with van der Waals surface area (Å²) in [6.45, 7) is 5.30. The number of hydrogen-bond acceptors (Lipinski definition) is 6. The van der Waals surface area contributed by atoms with Gasteiger partial charge in [-0.15, -0.1) is 0 Å². The van der Waals surface area contributed by atoms with Crippen molar-refractivity contribution in [1.82, 2.24) is 4.90 Å². The lowest BCUT2D eigenvalue weighted by atomic mass is 10.0. The summed E-state index contributed by atoms with van der Waals surface area (Å²) in [6.07, 6.45) is -0.157. The summed E-state index contributed by atoms with van der Waals surface area (Å²) in [7, 11) is -1.41. The van der Waals surface area contributed by atoms with E-state index in [9.17, 15) is 13.5 Å². The van der Waals surface area contributed by atoms with Crippen molar-refractivity contribution >= 4 is 9.84 Å². The second-order valence-corrected chi connectivity index (χ2v) is 10.8. The average molecular weight is 448 g/mol. The first-order valence-electron chi connectivity index (χ1n) is 10.7. The molecule has 2 aromatic rings. The van der Waals surface area contributed by atoms with Gasteiger partial charge in [0.25, 0.3) is 0 Å². The molecule has 2 aromatic carbocycles. The minimum absolute atomic E-state index is 0.115. The van der Waals surface area contributed by atoms with Crippen LogP contribution >= 0.6 is 0 Å². The topological polar surface area (TPSA) is 76.1 Å². The molecule has 0 bridgehead atoms. The normalized spacial score (nSPS) is 19.0. The summed E-state index contributed by atoms with van der Waals surface area (Å²) in [5.41, 5.74) is 2.25. The number of sulfone groups is 1. The highest BCUT2D eigenvalue weighted by atomic mass is 32.2. The number of aliphatic hydroxyl groups is 1. The van der Waals surface area contributed by atoms with Gasteiger partial charge in [-0.3, -0.25) is 4.90 Å². The van der Waals surface area contributed by atoms with Gasteiger partial charge in [-0.2, -0.15) is 0 Å². The summed E-state index contributed by atoms with van der Waals surface area (Å²) < 4.78 is 35.2. The van der Waals surface area contributed by atoms with Gasteiger partial charge in [0.05, 0.1) is 18.6 Å². The molecule has 2 atom stereocenters. The Morgan fingerprint density at radius 1 is 1.13 bits per heavy atom. The second kappa shape index (κ2) is 10.5. The van der Waals surface area contributed by atoms with Crippen LogP contribution in [0.1, 0.15) is 37.3 Å². The fourth-order valence-corrected chi connectivity index (χ4v) is 5.64. The molecule has 0 spiro atoms. The van der Waals surface area contributed by atoms with Crippen molar-refractivity contribution in [1.29, 1.82) is 0 Å². The third-order valence-electron chi connectivity index (χ3n) is 5.68. The van der Waals surface area contributed by atoms with E-state index in [4.69, 9.17) is 9.47 Å². The Hall–Kier alpha value is -2.09. The minimum atomic E-state index is -3.03. The van der Waals surface area contributed by atoms with Gasteiger partial charge in [0.2, 0.25) is 0 Å². The molecule has 2 unspecified atom stereocenters. The molecule has 1 aliphatic heterocycles. The molecule has 0 radical (unpaired) electrons. The molecule has 0 amide bonds. The molecule has 170 valence electrons. The number of ether oxygens (including phenoxy) is 2. The van der Waals surface area contributed by atoms with Crippen LogP contribution in [-0.4, -0.2) is 62.3 Å². The van der Waals surface area contributed by atoms with Crippen molar-refractivity contribution in [3.05, 3.63) is 59.7 Å². The van der Waals surface area contributed by atoms with Gasteiger partial charge in [-0.1, -0.05) is 38.1 Å². The number of rotatable bonds is 10. The number of hydrogen-bond donors (Lipinski definition) is 1. The predicted molar refractivity (Wildman–Crippen MR) is 122 cm³/mol. The van der Waals surface area contributed by atoms with Gasteiger partial charge >= 0.3 is 0 Å². The zero-order chi connectivity index (χ0) is 22.4. The van der Waals surface area contributed by atoms with Gasteiger partial charge in [0, 0.05) is 19.1 Å². The smallest absolute Gasteiger partial charge is 0.151 e. The highest BCUT2D eigenvalue weighted by Crippen LogP contribution is 2.23. The Kier molecular flexibility index (Phi) is 7.97. The van der Waals surface area contributed by atoms with Crippen molar-refractivity contribution in [3.8, 4) is 11.5 Å². The predicted octanol–water partition coefficient (Wildman–Crippen LogP) is 3.25. The average Bonchev–Trinajstić information content (AvgIpc) is 3.12. The van der Waals surface area contributed by atoms with Crippen LogP contribution in [0.25, 0.3) is 0 Å². The number of aliphatic hydroxyl groups excluding tert-OH is 1. The first-order valence-corrected chi connectivity index (χ1v) is 12.6. The quantitative estimate of drug-likeness (QED) is 0.603. The van der Waals surface area contributed by atoms with Crippen LogP contribution in [0.5, 0.6) is 11.5 Å². The molecule has 7 heteroatoms. The Morgan fingerprint density at radius 3 is 2.48 bits per heavy atom. The first-order chi connectivity index (χ1) is 14.8. The molecule has 6 nitrogen and oxygen atoms in total. The maximum absolute atomic E-state index is 12.0. The molecule has 1 fully saturated rings. The lowest BCUT2D eigenvalue weighted by Crippen LogP contribution is -2.42. The van der Waals surface area contributed by atoms with E-state index in [-0.39, 0.29) is 24.2 Å². The Labute approximate surface area is 185 Å². The largest absolute Gasteiger partial charge is 0.497 e. The zero-order valence-corrected chi connectivity index (χ0v) is 19.3. The van der Waals surface area contributed by atoms with Crippen molar-refractivity contribution in [2.45, 2.75) is 44.9 Å².